The van der Waals surface area contributed by atoms with Crippen LogP contribution in [0.4, 0.5) is 0 Å². The summed E-state index contributed by atoms with van der Waals surface area (Å²) in [6, 6.07) is 1.66. The predicted molar refractivity (Wildman–Crippen MR) is 134 cm³/mol. The molecule has 0 aliphatic heterocycles. The number of rotatable bonds is 18. The summed E-state index contributed by atoms with van der Waals surface area (Å²) in [5, 5.41) is 0. The third-order valence-corrected chi connectivity index (χ3v) is 10.5. The topological polar surface area (TPSA) is 80.1 Å². The number of hydrogen-bond donors (Lipinski definition) is 0. The van der Waals surface area contributed by atoms with Gasteiger partial charge in [0.05, 0.1) is 0 Å². The number of nitrogens with zero attached hydrogens (tertiary/aromatic N) is 2. The van der Waals surface area contributed by atoms with Crippen LogP contribution in [0.5, 0.6) is 0 Å². The van der Waals surface area contributed by atoms with Crippen LogP contribution in [0.2, 0.25) is 12.1 Å². The van der Waals surface area contributed by atoms with E-state index >= 15 is 0 Å². The maximum absolute atomic E-state index is 5.73. The second kappa shape index (κ2) is 21.4. The van der Waals surface area contributed by atoms with Gasteiger partial charge in [-0.2, -0.15) is 0 Å². The van der Waals surface area contributed by atoms with Gasteiger partial charge in [-0.3, -0.25) is 9.98 Å². The molecule has 0 saturated carbocycles. The molecule has 0 spiro atoms. The van der Waals surface area contributed by atoms with Crippen molar-refractivity contribution in [2.45, 2.75) is 72.9 Å². The molecule has 0 aliphatic rings. The standard InChI is InChI=1S/C11H25NO3Si.C10H23NO3Si/c1-5-12-10-9-11-16(13-6-2,14-7-3)15-8-4;1-6-10(2)11-8-7-9-15(12-3,13-4)14-5/h5H,6-11H2,1-4H3;6-9H2,1-5H3. The fourth-order valence-electron chi connectivity index (χ4n) is 2.75. The van der Waals surface area contributed by atoms with Crippen LogP contribution in [0.15, 0.2) is 9.98 Å². The monoisotopic (exact) mass is 480 g/mol. The number of aliphatic imine (C=N–C) groups is 2. The lowest BCUT2D eigenvalue weighted by atomic mass is 10.3. The Morgan fingerprint density at radius 2 is 1.19 bits per heavy atom. The summed E-state index contributed by atoms with van der Waals surface area (Å²) in [5.74, 6) is 0. The van der Waals surface area contributed by atoms with Gasteiger partial charge in [-0.25, -0.2) is 0 Å². The maximum atomic E-state index is 5.73. The molecule has 31 heavy (non-hydrogen) atoms. The molecule has 0 aromatic rings. The predicted octanol–water partition coefficient (Wildman–Crippen LogP) is 4.64. The maximum Gasteiger partial charge on any atom is 0.500 e. The highest BCUT2D eigenvalue weighted by molar-refractivity contribution is 6.61. The van der Waals surface area contributed by atoms with Crippen molar-refractivity contribution < 1.29 is 26.6 Å². The van der Waals surface area contributed by atoms with Crippen molar-refractivity contribution in [2.24, 2.45) is 9.98 Å². The van der Waals surface area contributed by atoms with Gasteiger partial charge in [-0.15, -0.1) is 0 Å². The summed E-state index contributed by atoms with van der Waals surface area (Å²) in [5.41, 5.74) is 1.19. The molecule has 0 amide bonds. The Kier molecular flexibility index (Phi) is 22.6. The van der Waals surface area contributed by atoms with Gasteiger partial charge >= 0.3 is 17.6 Å². The highest BCUT2D eigenvalue weighted by Gasteiger charge is 2.39. The van der Waals surface area contributed by atoms with Crippen molar-refractivity contribution in [3.63, 3.8) is 0 Å². The first-order chi connectivity index (χ1) is 14.9. The fourth-order valence-corrected chi connectivity index (χ4v) is 7.05. The molecule has 0 atom stereocenters. The molecule has 186 valence electrons. The first kappa shape index (κ1) is 32.7. The van der Waals surface area contributed by atoms with Gasteiger partial charge in [0, 0.05) is 72.0 Å². The largest absolute Gasteiger partial charge is 0.500 e. The highest BCUT2D eigenvalue weighted by Crippen LogP contribution is 2.18. The van der Waals surface area contributed by atoms with E-state index in [4.69, 9.17) is 26.6 Å². The molecule has 0 aliphatic carbocycles. The average molecular weight is 481 g/mol. The molecule has 0 radical (unpaired) electrons. The fraction of sp³-hybridized carbons (Fsp3) is 0.905. The van der Waals surface area contributed by atoms with E-state index in [1.165, 1.54) is 5.71 Å². The van der Waals surface area contributed by atoms with Gasteiger partial charge < -0.3 is 26.6 Å². The van der Waals surface area contributed by atoms with E-state index in [0.717, 1.165) is 44.4 Å². The van der Waals surface area contributed by atoms with Crippen molar-refractivity contribution in [3.05, 3.63) is 0 Å². The van der Waals surface area contributed by atoms with Gasteiger partial charge in [0.2, 0.25) is 0 Å². The van der Waals surface area contributed by atoms with Gasteiger partial charge in [-0.1, -0.05) is 6.92 Å². The zero-order valence-corrected chi connectivity index (χ0v) is 23.5. The quantitative estimate of drug-likeness (QED) is 0.161. The van der Waals surface area contributed by atoms with E-state index in [-0.39, 0.29) is 0 Å². The van der Waals surface area contributed by atoms with Crippen molar-refractivity contribution in [1.82, 2.24) is 0 Å². The highest BCUT2D eigenvalue weighted by atomic mass is 28.4. The molecule has 8 nitrogen and oxygen atoms in total. The van der Waals surface area contributed by atoms with Crippen LogP contribution in [0.1, 0.15) is 60.8 Å². The molecule has 0 heterocycles. The summed E-state index contributed by atoms with van der Waals surface area (Å²) in [7, 11) is 0.128. The smallest absolute Gasteiger partial charge is 0.377 e. The van der Waals surface area contributed by atoms with Crippen LogP contribution in [0.25, 0.3) is 0 Å². The third-order valence-electron chi connectivity index (χ3n) is 4.51. The lowest BCUT2D eigenvalue weighted by molar-refractivity contribution is 0.0710. The Labute approximate surface area is 193 Å². The Hall–Kier alpha value is -0.466. The molecule has 0 fully saturated rings. The molecule has 0 aromatic heterocycles. The normalized spacial score (nSPS) is 12.9. The Morgan fingerprint density at radius 3 is 1.58 bits per heavy atom. The zero-order valence-electron chi connectivity index (χ0n) is 21.5. The first-order valence-corrected chi connectivity index (χ1v) is 15.3. The lowest BCUT2D eigenvalue weighted by Crippen LogP contribution is -2.46. The van der Waals surface area contributed by atoms with E-state index in [1.807, 2.05) is 40.8 Å². The summed E-state index contributed by atoms with van der Waals surface area (Å²) in [6.07, 6.45) is 4.74. The zero-order chi connectivity index (χ0) is 24.0. The minimum absolute atomic E-state index is 0.642. The molecule has 0 N–H and O–H groups in total. The van der Waals surface area contributed by atoms with Crippen molar-refractivity contribution in [3.8, 4) is 0 Å². The van der Waals surface area contributed by atoms with Crippen LogP contribution in [-0.4, -0.2) is 83.8 Å². The molecular formula is C21H48N2O6Si2. The second-order valence-electron chi connectivity index (χ2n) is 6.62. The van der Waals surface area contributed by atoms with Crippen LogP contribution in [0, 0.1) is 0 Å². The SMILES string of the molecule is CC=NCCC[Si](OCC)(OCC)OCC.CCC(C)=NCCC[Si](OC)(OC)OC. The van der Waals surface area contributed by atoms with Gasteiger partial charge in [-0.05, 0) is 60.1 Å². The molecule has 0 aromatic carbocycles. The van der Waals surface area contributed by atoms with Crippen LogP contribution in [-0.2, 0) is 26.6 Å². The summed E-state index contributed by atoms with van der Waals surface area (Å²) >= 11 is 0. The van der Waals surface area contributed by atoms with E-state index in [0.29, 0.717) is 19.8 Å². The first-order valence-electron chi connectivity index (χ1n) is 11.4. The third kappa shape index (κ3) is 15.9. The average Bonchev–Trinajstić information content (AvgIpc) is 2.78. The molecule has 0 bridgehead atoms. The van der Waals surface area contributed by atoms with E-state index in [9.17, 15) is 0 Å². The molecular weight excluding hydrogens is 432 g/mol. The Balaban J connectivity index is 0. The van der Waals surface area contributed by atoms with Crippen LogP contribution < -0.4 is 0 Å². The summed E-state index contributed by atoms with van der Waals surface area (Å²) in [4.78, 5) is 8.61. The van der Waals surface area contributed by atoms with Crippen molar-refractivity contribution >= 4 is 29.5 Å². The summed E-state index contributed by atoms with van der Waals surface area (Å²) in [6.45, 7) is 15.6. The molecule has 10 heteroatoms. The van der Waals surface area contributed by atoms with Gasteiger partial charge in [0.25, 0.3) is 0 Å². The molecule has 0 unspecified atom stereocenters. The van der Waals surface area contributed by atoms with E-state index in [2.05, 4.69) is 16.9 Å². The van der Waals surface area contributed by atoms with Crippen LogP contribution >= 0.6 is 0 Å². The van der Waals surface area contributed by atoms with Gasteiger partial charge in [0.1, 0.15) is 0 Å². The van der Waals surface area contributed by atoms with Crippen LogP contribution in [0.3, 0.4) is 0 Å². The molecule has 0 saturated heterocycles. The van der Waals surface area contributed by atoms with E-state index in [1.54, 1.807) is 21.3 Å². The lowest BCUT2D eigenvalue weighted by Gasteiger charge is -2.28. The van der Waals surface area contributed by atoms with E-state index < -0.39 is 17.6 Å². The summed E-state index contributed by atoms with van der Waals surface area (Å²) < 4.78 is 33.1. The number of hydrogen-bond acceptors (Lipinski definition) is 8. The molecule has 0 rings (SSSR count). The Bertz CT molecular complexity index is 438. The van der Waals surface area contributed by atoms with Crippen molar-refractivity contribution in [1.29, 1.82) is 0 Å². The minimum atomic E-state index is -2.42. The van der Waals surface area contributed by atoms with Crippen molar-refractivity contribution in [2.75, 3.05) is 54.2 Å². The Morgan fingerprint density at radius 1 is 0.742 bits per heavy atom. The van der Waals surface area contributed by atoms with Gasteiger partial charge in [0.15, 0.2) is 0 Å². The second-order valence-corrected chi connectivity index (χ2v) is 12.4. The minimum Gasteiger partial charge on any atom is -0.377 e.